The summed E-state index contributed by atoms with van der Waals surface area (Å²) in [7, 11) is -4.32. The predicted octanol–water partition coefficient (Wildman–Crippen LogP) is -3.41. The third kappa shape index (κ3) is 4.14. The van der Waals surface area contributed by atoms with Crippen molar-refractivity contribution in [3.8, 4) is 0 Å². The standard InChI is InChI=1S/C20H18N4O7S.Na/c1-20(11-31-19(28)23-12-5-8-21-9-6-12)15(18(26)27)24-16(25)14(17(24)32(20,29)30)10-13-4-2-3-7-22-13;/h2-10,15,17H,11H2,1H3,(H,26,27)(H,21,23,28);/q;+1/p-1/b14-10-;/t15-,17+,20-;/m0./s1. The number of fused-ring (bicyclic) bond motifs is 1. The minimum atomic E-state index is -4.32. The Morgan fingerprint density at radius 1 is 1.24 bits per heavy atom. The number of aliphatic carboxylic acids is 1. The van der Waals surface area contributed by atoms with Gasteiger partial charge < -0.3 is 19.5 Å². The Balaban J connectivity index is 0.00000306. The second kappa shape index (κ2) is 9.21. The average Bonchev–Trinajstić information content (AvgIpc) is 2.93. The van der Waals surface area contributed by atoms with E-state index >= 15 is 0 Å². The Hall–Kier alpha value is -2.80. The van der Waals surface area contributed by atoms with Gasteiger partial charge in [0.25, 0.3) is 5.91 Å². The normalized spacial score (nSPS) is 26.0. The zero-order valence-corrected chi connectivity index (χ0v) is 20.5. The van der Waals surface area contributed by atoms with Gasteiger partial charge in [-0.05, 0) is 37.3 Å². The molecule has 13 heteroatoms. The van der Waals surface area contributed by atoms with Gasteiger partial charge in [-0.2, -0.15) is 0 Å². The van der Waals surface area contributed by atoms with Crippen molar-refractivity contribution in [1.29, 1.82) is 0 Å². The van der Waals surface area contributed by atoms with E-state index in [0.717, 1.165) is 11.8 Å². The minimum absolute atomic E-state index is 0. The molecule has 2 saturated heterocycles. The number of rotatable bonds is 5. The molecule has 2 aromatic heterocycles. The Morgan fingerprint density at radius 2 is 1.94 bits per heavy atom. The van der Waals surface area contributed by atoms with E-state index < -0.39 is 50.6 Å². The summed E-state index contributed by atoms with van der Waals surface area (Å²) in [5.74, 6) is -2.52. The smallest absolute Gasteiger partial charge is 0.548 e. The molecule has 4 heterocycles. The van der Waals surface area contributed by atoms with Crippen molar-refractivity contribution in [2.75, 3.05) is 11.9 Å². The molecule has 2 aromatic rings. The van der Waals surface area contributed by atoms with Crippen molar-refractivity contribution >= 4 is 39.6 Å². The van der Waals surface area contributed by atoms with Crippen LogP contribution in [0.15, 0.2) is 54.5 Å². The van der Waals surface area contributed by atoms with Gasteiger partial charge in [0.05, 0.1) is 23.3 Å². The number of carbonyl (C=O) groups is 3. The van der Waals surface area contributed by atoms with Crippen molar-refractivity contribution < 1.29 is 62.2 Å². The first-order valence-electron chi connectivity index (χ1n) is 9.40. The van der Waals surface area contributed by atoms with Crippen LogP contribution in [0.3, 0.4) is 0 Å². The van der Waals surface area contributed by atoms with Crippen LogP contribution in [0.2, 0.25) is 0 Å². The summed E-state index contributed by atoms with van der Waals surface area (Å²) in [4.78, 5) is 45.2. The molecule has 0 spiro atoms. The molecule has 2 aliphatic heterocycles. The number of nitrogens with zero attached hydrogens (tertiary/aromatic N) is 3. The third-order valence-electron chi connectivity index (χ3n) is 5.43. The van der Waals surface area contributed by atoms with E-state index in [0.29, 0.717) is 11.4 Å². The molecular weight excluding hydrogens is 463 g/mol. The Labute approximate surface area is 211 Å². The number of carboxylic acids is 1. The molecule has 2 amide bonds. The van der Waals surface area contributed by atoms with Gasteiger partial charge in [0.1, 0.15) is 11.4 Å². The molecular formula is C20H17N4NaO7S. The molecule has 11 nitrogen and oxygen atoms in total. The first-order valence-corrected chi connectivity index (χ1v) is 10.9. The fraction of sp³-hybridized carbons (Fsp3) is 0.250. The summed E-state index contributed by atoms with van der Waals surface area (Å²) in [5, 5.41) is 12.8. The molecule has 2 aliphatic rings. The first kappa shape index (κ1) is 24.8. The molecule has 0 aliphatic carbocycles. The number of aromatic nitrogens is 2. The molecule has 166 valence electrons. The number of nitrogens with one attached hydrogen (secondary N) is 1. The minimum Gasteiger partial charge on any atom is -0.548 e. The maximum Gasteiger partial charge on any atom is 1.00 e. The summed E-state index contributed by atoms with van der Waals surface area (Å²) >= 11 is 0. The van der Waals surface area contributed by atoms with Crippen molar-refractivity contribution in [3.63, 3.8) is 0 Å². The molecule has 1 N–H and O–H groups in total. The second-order valence-corrected chi connectivity index (χ2v) is 9.90. The van der Waals surface area contributed by atoms with Crippen molar-refractivity contribution in [2.45, 2.75) is 23.1 Å². The van der Waals surface area contributed by atoms with Crippen LogP contribution in [-0.4, -0.2) is 64.0 Å². The largest absolute Gasteiger partial charge is 1.00 e. The zero-order chi connectivity index (χ0) is 23.1. The number of anilines is 1. The van der Waals surface area contributed by atoms with Crippen LogP contribution in [0.25, 0.3) is 6.08 Å². The SMILES string of the molecule is C[C@]1(COC(=O)Nc2ccncc2)[C@H](C(=O)[O-])N2C(=O)/C(=C/c3ccccn3)[C@H]2S1(=O)=O.[Na+]. The summed E-state index contributed by atoms with van der Waals surface area (Å²) in [6.07, 6.45) is 4.64. The number of amides is 2. The summed E-state index contributed by atoms with van der Waals surface area (Å²) in [6.45, 7) is 0.314. The summed E-state index contributed by atoms with van der Waals surface area (Å²) in [6, 6.07) is 6.02. The van der Waals surface area contributed by atoms with E-state index in [9.17, 15) is 27.9 Å². The van der Waals surface area contributed by atoms with E-state index in [1.54, 1.807) is 18.2 Å². The van der Waals surface area contributed by atoms with Crippen LogP contribution in [0, 0.1) is 0 Å². The van der Waals surface area contributed by atoms with Crippen molar-refractivity contribution in [2.24, 2.45) is 0 Å². The Bertz CT molecular complexity index is 1220. The van der Waals surface area contributed by atoms with Crippen LogP contribution in [-0.2, 0) is 24.2 Å². The monoisotopic (exact) mass is 480 g/mol. The van der Waals surface area contributed by atoms with Crippen LogP contribution >= 0.6 is 0 Å². The molecule has 0 aromatic carbocycles. The Morgan fingerprint density at radius 3 is 2.55 bits per heavy atom. The van der Waals surface area contributed by atoms with Crippen molar-refractivity contribution in [1.82, 2.24) is 14.9 Å². The van der Waals surface area contributed by atoms with Crippen LogP contribution in [0.4, 0.5) is 10.5 Å². The van der Waals surface area contributed by atoms with Crippen LogP contribution in [0.5, 0.6) is 0 Å². The van der Waals surface area contributed by atoms with Crippen LogP contribution < -0.4 is 40.0 Å². The molecule has 0 saturated carbocycles. The molecule has 2 fully saturated rings. The number of ether oxygens (including phenoxy) is 1. The van der Waals surface area contributed by atoms with Gasteiger partial charge in [-0.3, -0.25) is 20.1 Å². The van der Waals surface area contributed by atoms with Gasteiger partial charge in [0.15, 0.2) is 15.2 Å². The number of β-lactam (4-membered cyclic amide) rings is 1. The average molecular weight is 480 g/mol. The fourth-order valence-corrected chi connectivity index (χ4v) is 6.07. The third-order valence-corrected chi connectivity index (χ3v) is 8.14. The summed E-state index contributed by atoms with van der Waals surface area (Å²) in [5.41, 5.74) is 0.581. The zero-order valence-electron chi connectivity index (χ0n) is 17.7. The molecule has 0 bridgehead atoms. The number of carboxylic acid groups (broad SMARTS) is 1. The van der Waals surface area contributed by atoms with E-state index in [4.69, 9.17) is 4.74 Å². The van der Waals surface area contributed by atoms with E-state index in [2.05, 4.69) is 15.3 Å². The number of carbonyl (C=O) groups excluding carboxylic acids is 3. The van der Waals surface area contributed by atoms with E-state index in [1.165, 1.54) is 36.8 Å². The molecule has 0 radical (unpaired) electrons. The Kier molecular flexibility index (Phi) is 6.93. The quantitative estimate of drug-likeness (QED) is 0.261. The van der Waals surface area contributed by atoms with Gasteiger partial charge in [0.2, 0.25) is 0 Å². The van der Waals surface area contributed by atoms with Gasteiger partial charge in [-0.15, -0.1) is 0 Å². The van der Waals surface area contributed by atoms with Crippen molar-refractivity contribution in [3.05, 3.63) is 60.2 Å². The van der Waals surface area contributed by atoms with Gasteiger partial charge in [0, 0.05) is 24.3 Å². The first-order chi connectivity index (χ1) is 15.2. The number of sulfone groups is 1. The fourth-order valence-electron chi connectivity index (χ4n) is 3.79. The molecule has 0 unspecified atom stereocenters. The molecule has 33 heavy (non-hydrogen) atoms. The van der Waals surface area contributed by atoms with Gasteiger partial charge in [-0.25, -0.2) is 13.2 Å². The number of hydrogen-bond donors (Lipinski definition) is 1. The van der Waals surface area contributed by atoms with Gasteiger partial charge >= 0.3 is 35.7 Å². The molecule has 3 atom stereocenters. The number of hydrogen-bond acceptors (Lipinski definition) is 9. The maximum atomic E-state index is 13.3. The van der Waals surface area contributed by atoms with Gasteiger partial charge in [-0.1, -0.05) is 6.07 Å². The van der Waals surface area contributed by atoms with Crippen LogP contribution in [0.1, 0.15) is 12.6 Å². The molecule has 4 rings (SSSR count). The van der Waals surface area contributed by atoms with E-state index in [1.807, 2.05) is 0 Å². The summed E-state index contributed by atoms with van der Waals surface area (Å²) < 4.78 is 29.6. The van der Waals surface area contributed by atoms with E-state index in [-0.39, 0.29) is 35.1 Å². The second-order valence-electron chi connectivity index (χ2n) is 7.44. The number of pyridine rings is 2. The maximum absolute atomic E-state index is 13.3. The predicted molar refractivity (Wildman–Crippen MR) is 108 cm³/mol. The topological polar surface area (TPSA) is 159 Å².